The molecule has 0 radical (unpaired) electrons. The summed E-state index contributed by atoms with van der Waals surface area (Å²) in [5, 5.41) is 2.50. The number of methoxy groups -OCH3 is 1. The first-order valence-electron chi connectivity index (χ1n) is 4.67. The second-order valence-electron chi connectivity index (χ2n) is 2.96. The van der Waals surface area contributed by atoms with E-state index in [2.05, 4.69) is 10.1 Å². The van der Waals surface area contributed by atoms with Crippen LogP contribution in [0.1, 0.15) is 10.4 Å². The summed E-state index contributed by atoms with van der Waals surface area (Å²) in [6.45, 7) is -0.113. The summed E-state index contributed by atoms with van der Waals surface area (Å²) in [5.41, 5.74) is 0.568. The molecule has 0 saturated heterocycles. The summed E-state index contributed by atoms with van der Waals surface area (Å²) >= 11 is 1.49. The molecule has 5 heteroatoms. The van der Waals surface area contributed by atoms with Gasteiger partial charge in [0, 0.05) is 4.90 Å². The summed E-state index contributed by atoms with van der Waals surface area (Å²) in [4.78, 5) is 23.5. The molecule has 1 N–H and O–H groups in total. The Labute approximate surface area is 98.4 Å². The van der Waals surface area contributed by atoms with Gasteiger partial charge in [-0.05, 0) is 18.4 Å². The predicted octanol–water partition coefficient (Wildman–Crippen LogP) is 1.31. The summed E-state index contributed by atoms with van der Waals surface area (Å²) in [6, 6.07) is 7.23. The van der Waals surface area contributed by atoms with Crippen molar-refractivity contribution in [2.24, 2.45) is 0 Å². The summed E-state index contributed by atoms with van der Waals surface area (Å²) in [5.74, 6) is -0.731. The third-order valence-corrected chi connectivity index (χ3v) is 2.77. The van der Waals surface area contributed by atoms with Crippen molar-refractivity contribution in [1.29, 1.82) is 0 Å². The van der Waals surface area contributed by atoms with Crippen molar-refractivity contribution >= 4 is 23.6 Å². The molecule has 0 aliphatic heterocycles. The number of rotatable bonds is 4. The molecular weight excluding hydrogens is 226 g/mol. The molecule has 0 aliphatic rings. The number of hydrogen-bond acceptors (Lipinski definition) is 4. The van der Waals surface area contributed by atoms with Crippen LogP contribution in [0.3, 0.4) is 0 Å². The lowest BCUT2D eigenvalue weighted by Crippen LogP contribution is -2.30. The van der Waals surface area contributed by atoms with E-state index in [1.54, 1.807) is 12.1 Å². The summed E-state index contributed by atoms with van der Waals surface area (Å²) in [7, 11) is 1.28. The quantitative estimate of drug-likeness (QED) is 0.636. The number of carbonyl (C=O) groups excluding carboxylic acids is 2. The minimum absolute atomic E-state index is 0.113. The standard InChI is InChI=1S/C11H13NO3S/c1-15-10(13)7-12-11(14)8-5-3-4-6-9(8)16-2/h3-6H,7H2,1-2H3,(H,12,14). The largest absolute Gasteiger partial charge is 0.468 e. The number of ether oxygens (including phenoxy) is 1. The van der Waals surface area contributed by atoms with Crippen LogP contribution >= 0.6 is 11.8 Å². The van der Waals surface area contributed by atoms with Crippen LogP contribution in [0.2, 0.25) is 0 Å². The Hall–Kier alpha value is -1.49. The van der Waals surface area contributed by atoms with E-state index in [9.17, 15) is 9.59 Å². The van der Waals surface area contributed by atoms with E-state index >= 15 is 0 Å². The van der Waals surface area contributed by atoms with E-state index in [1.807, 2.05) is 18.4 Å². The van der Waals surface area contributed by atoms with Gasteiger partial charge in [0.25, 0.3) is 5.91 Å². The first kappa shape index (κ1) is 12.6. The molecule has 0 aliphatic carbocycles. The SMILES string of the molecule is COC(=O)CNC(=O)c1ccccc1SC. The lowest BCUT2D eigenvalue weighted by atomic mass is 10.2. The fourth-order valence-electron chi connectivity index (χ4n) is 1.15. The number of thioether (sulfide) groups is 1. The lowest BCUT2D eigenvalue weighted by molar-refractivity contribution is -0.139. The Bertz CT molecular complexity index is 393. The van der Waals surface area contributed by atoms with E-state index in [0.717, 1.165) is 4.90 Å². The van der Waals surface area contributed by atoms with Crippen molar-refractivity contribution in [3.05, 3.63) is 29.8 Å². The van der Waals surface area contributed by atoms with Gasteiger partial charge in [-0.2, -0.15) is 0 Å². The Morgan fingerprint density at radius 3 is 2.69 bits per heavy atom. The van der Waals surface area contributed by atoms with Crippen LogP contribution in [0, 0.1) is 0 Å². The normalized spacial score (nSPS) is 9.62. The predicted molar refractivity (Wildman–Crippen MR) is 62.6 cm³/mol. The van der Waals surface area contributed by atoms with Gasteiger partial charge in [-0.25, -0.2) is 0 Å². The van der Waals surface area contributed by atoms with Crippen molar-refractivity contribution in [2.75, 3.05) is 19.9 Å². The zero-order chi connectivity index (χ0) is 12.0. The van der Waals surface area contributed by atoms with Gasteiger partial charge >= 0.3 is 5.97 Å². The molecule has 0 fully saturated rings. The highest BCUT2D eigenvalue weighted by Crippen LogP contribution is 2.19. The maximum absolute atomic E-state index is 11.7. The minimum atomic E-state index is -0.463. The van der Waals surface area contributed by atoms with E-state index in [0.29, 0.717) is 5.56 Å². The van der Waals surface area contributed by atoms with Crippen LogP contribution < -0.4 is 5.32 Å². The van der Waals surface area contributed by atoms with Gasteiger partial charge in [-0.15, -0.1) is 11.8 Å². The molecule has 1 aromatic carbocycles. The molecule has 1 amide bonds. The summed E-state index contributed by atoms with van der Waals surface area (Å²) in [6.07, 6.45) is 1.90. The van der Waals surface area contributed by atoms with Crippen molar-refractivity contribution in [3.8, 4) is 0 Å². The molecule has 0 spiro atoms. The molecule has 0 atom stereocenters. The van der Waals surface area contributed by atoms with Gasteiger partial charge in [0.05, 0.1) is 12.7 Å². The zero-order valence-corrected chi connectivity index (χ0v) is 9.97. The third-order valence-electron chi connectivity index (χ3n) is 1.97. The molecule has 1 rings (SSSR count). The first-order chi connectivity index (χ1) is 7.69. The lowest BCUT2D eigenvalue weighted by Gasteiger charge is -2.07. The highest BCUT2D eigenvalue weighted by molar-refractivity contribution is 7.98. The van der Waals surface area contributed by atoms with Crippen LogP contribution in [0.15, 0.2) is 29.2 Å². The molecular formula is C11H13NO3S. The van der Waals surface area contributed by atoms with E-state index < -0.39 is 5.97 Å². The molecule has 0 unspecified atom stereocenters. The Morgan fingerprint density at radius 1 is 1.38 bits per heavy atom. The Kier molecular flexibility index (Phi) is 4.85. The average molecular weight is 239 g/mol. The molecule has 0 heterocycles. The van der Waals surface area contributed by atoms with E-state index in [4.69, 9.17) is 0 Å². The number of hydrogen-bond donors (Lipinski definition) is 1. The Balaban J connectivity index is 2.69. The third kappa shape index (κ3) is 3.27. The number of nitrogens with one attached hydrogen (secondary N) is 1. The van der Waals surface area contributed by atoms with Crippen LogP contribution in [-0.2, 0) is 9.53 Å². The monoisotopic (exact) mass is 239 g/mol. The van der Waals surface area contributed by atoms with Crippen LogP contribution in [0.5, 0.6) is 0 Å². The average Bonchev–Trinajstić information content (AvgIpc) is 2.35. The smallest absolute Gasteiger partial charge is 0.325 e. The van der Waals surface area contributed by atoms with Crippen molar-refractivity contribution in [3.63, 3.8) is 0 Å². The van der Waals surface area contributed by atoms with E-state index in [1.165, 1.54) is 18.9 Å². The minimum Gasteiger partial charge on any atom is -0.468 e. The number of benzene rings is 1. The van der Waals surface area contributed by atoms with Crippen molar-refractivity contribution < 1.29 is 14.3 Å². The number of carbonyl (C=O) groups is 2. The molecule has 16 heavy (non-hydrogen) atoms. The molecule has 4 nitrogen and oxygen atoms in total. The van der Waals surface area contributed by atoms with E-state index in [-0.39, 0.29) is 12.5 Å². The maximum atomic E-state index is 11.7. The van der Waals surface area contributed by atoms with Crippen LogP contribution in [-0.4, -0.2) is 31.8 Å². The molecule has 0 aromatic heterocycles. The van der Waals surface area contributed by atoms with Gasteiger partial charge in [-0.3, -0.25) is 9.59 Å². The van der Waals surface area contributed by atoms with Crippen LogP contribution in [0.25, 0.3) is 0 Å². The Morgan fingerprint density at radius 2 is 2.06 bits per heavy atom. The summed E-state index contributed by atoms with van der Waals surface area (Å²) < 4.78 is 4.43. The molecule has 1 aromatic rings. The zero-order valence-electron chi connectivity index (χ0n) is 9.15. The topological polar surface area (TPSA) is 55.4 Å². The van der Waals surface area contributed by atoms with Gasteiger partial charge in [0.1, 0.15) is 6.54 Å². The number of amides is 1. The fraction of sp³-hybridized carbons (Fsp3) is 0.273. The van der Waals surface area contributed by atoms with Gasteiger partial charge < -0.3 is 10.1 Å². The number of esters is 1. The van der Waals surface area contributed by atoms with Gasteiger partial charge in [0.15, 0.2) is 0 Å². The second-order valence-corrected chi connectivity index (χ2v) is 3.81. The van der Waals surface area contributed by atoms with Crippen molar-refractivity contribution in [2.45, 2.75) is 4.90 Å². The molecule has 86 valence electrons. The van der Waals surface area contributed by atoms with Gasteiger partial charge in [0.2, 0.25) is 0 Å². The van der Waals surface area contributed by atoms with Gasteiger partial charge in [-0.1, -0.05) is 12.1 Å². The second kappa shape index (κ2) is 6.17. The molecule has 0 bridgehead atoms. The highest BCUT2D eigenvalue weighted by atomic mass is 32.2. The fourth-order valence-corrected chi connectivity index (χ4v) is 1.75. The highest BCUT2D eigenvalue weighted by Gasteiger charge is 2.11. The first-order valence-corrected chi connectivity index (χ1v) is 5.89. The maximum Gasteiger partial charge on any atom is 0.325 e. The molecule has 0 saturated carbocycles. The van der Waals surface area contributed by atoms with Crippen molar-refractivity contribution in [1.82, 2.24) is 5.32 Å². The van der Waals surface area contributed by atoms with Crippen LogP contribution in [0.4, 0.5) is 0 Å².